The predicted octanol–water partition coefficient (Wildman–Crippen LogP) is 4.37. The van der Waals surface area contributed by atoms with Crippen molar-refractivity contribution in [3.05, 3.63) is 53.1 Å². The summed E-state index contributed by atoms with van der Waals surface area (Å²) in [6, 6.07) is 9.66. The Labute approximate surface area is 122 Å². The largest absolute Gasteiger partial charge is 0.431 e. The molecule has 3 aromatic rings. The van der Waals surface area contributed by atoms with Crippen molar-refractivity contribution in [3.63, 3.8) is 0 Å². The molecule has 3 rings (SSSR count). The molecule has 1 N–H and O–H groups in total. The fourth-order valence-electron chi connectivity index (χ4n) is 2.08. The maximum Gasteiger partial charge on any atom is 0.431 e. The average molecular weight is 307 g/mol. The van der Waals surface area contributed by atoms with E-state index in [1.54, 1.807) is 36.5 Å². The Kier molecular flexibility index (Phi) is 3.21. The molecule has 0 aliphatic rings. The van der Waals surface area contributed by atoms with Gasteiger partial charge in [0.15, 0.2) is 4.77 Å². The number of halogens is 3. The number of nitrogens with zero attached hydrogens (tertiary/aromatic N) is 2. The summed E-state index contributed by atoms with van der Waals surface area (Å²) in [7, 11) is 0. The summed E-state index contributed by atoms with van der Waals surface area (Å²) < 4.78 is 38.4. The van der Waals surface area contributed by atoms with Crippen LogP contribution in [-0.2, 0) is 6.18 Å². The minimum Gasteiger partial charge on any atom is -0.327 e. The third-order valence-corrected chi connectivity index (χ3v) is 3.17. The summed E-state index contributed by atoms with van der Waals surface area (Å²) in [4.78, 5) is 10.2. The van der Waals surface area contributed by atoms with Crippen molar-refractivity contribution in [2.45, 2.75) is 6.18 Å². The van der Waals surface area contributed by atoms with Crippen LogP contribution in [0.5, 0.6) is 0 Å². The molecule has 0 bridgehead atoms. The quantitative estimate of drug-likeness (QED) is 0.679. The monoisotopic (exact) mass is 307 g/mol. The Morgan fingerprint density at radius 2 is 1.90 bits per heavy atom. The van der Waals surface area contributed by atoms with Gasteiger partial charge in [-0.1, -0.05) is 18.2 Å². The van der Waals surface area contributed by atoms with Gasteiger partial charge in [-0.2, -0.15) is 13.2 Å². The molecule has 0 radical (unpaired) electrons. The van der Waals surface area contributed by atoms with Crippen molar-refractivity contribution in [2.75, 3.05) is 0 Å². The highest BCUT2D eigenvalue weighted by atomic mass is 32.1. The minimum absolute atomic E-state index is 0.171. The van der Waals surface area contributed by atoms with E-state index in [0.29, 0.717) is 11.1 Å². The van der Waals surface area contributed by atoms with Crippen LogP contribution in [0, 0.1) is 4.77 Å². The van der Waals surface area contributed by atoms with Gasteiger partial charge >= 0.3 is 6.18 Å². The van der Waals surface area contributed by atoms with Crippen molar-refractivity contribution in [3.8, 4) is 11.3 Å². The summed E-state index contributed by atoms with van der Waals surface area (Å²) in [5.74, 6) is 0. The molecule has 1 aromatic carbocycles. The molecule has 0 unspecified atom stereocenters. The molecule has 0 spiro atoms. The highest BCUT2D eigenvalue weighted by Gasteiger charge is 2.32. The number of aromatic amines is 1. The standard InChI is InChI=1S/C14H8F3N3S/c15-14(16,17)12-7-11(19-13(21)20-12)9-3-1-5-10-8(9)4-2-6-18-10/h1-7H,(H,19,20,21). The first-order chi connectivity index (χ1) is 9.95. The van der Waals surface area contributed by atoms with E-state index < -0.39 is 11.9 Å². The van der Waals surface area contributed by atoms with Gasteiger partial charge < -0.3 is 4.98 Å². The molecule has 0 saturated carbocycles. The van der Waals surface area contributed by atoms with Gasteiger partial charge in [-0.25, -0.2) is 4.98 Å². The first kappa shape index (κ1) is 13.7. The van der Waals surface area contributed by atoms with Gasteiger partial charge in [0.25, 0.3) is 0 Å². The predicted molar refractivity (Wildman–Crippen MR) is 75.2 cm³/mol. The zero-order valence-electron chi connectivity index (χ0n) is 10.5. The van der Waals surface area contributed by atoms with Gasteiger partial charge in [-0.15, -0.1) is 0 Å². The maximum absolute atomic E-state index is 12.9. The molecular weight excluding hydrogens is 299 g/mol. The molecule has 21 heavy (non-hydrogen) atoms. The van der Waals surface area contributed by atoms with Crippen molar-refractivity contribution in [1.82, 2.24) is 15.0 Å². The van der Waals surface area contributed by atoms with Crippen molar-refractivity contribution < 1.29 is 13.2 Å². The molecule has 0 fully saturated rings. The van der Waals surface area contributed by atoms with Crippen LogP contribution in [0.2, 0.25) is 0 Å². The van der Waals surface area contributed by atoms with Crippen molar-refractivity contribution >= 4 is 23.1 Å². The van der Waals surface area contributed by atoms with Crippen LogP contribution in [0.25, 0.3) is 22.2 Å². The number of fused-ring (bicyclic) bond motifs is 1. The van der Waals surface area contributed by atoms with Gasteiger partial charge in [-0.05, 0) is 30.4 Å². The number of alkyl halides is 3. The molecule has 0 aliphatic carbocycles. The third kappa shape index (κ3) is 2.64. The number of rotatable bonds is 1. The second kappa shape index (κ2) is 4.92. The van der Waals surface area contributed by atoms with Crippen LogP contribution in [0.3, 0.4) is 0 Å². The van der Waals surface area contributed by atoms with Gasteiger partial charge in [0.1, 0.15) is 5.69 Å². The number of hydrogen-bond donors (Lipinski definition) is 1. The van der Waals surface area contributed by atoms with Crippen LogP contribution < -0.4 is 0 Å². The first-order valence-corrected chi connectivity index (χ1v) is 6.39. The van der Waals surface area contributed by atoms with Crippen LogP contribution in [0.4, 0.5) is 13.2 Å². The highest BCUT2D eigenvalue weighted by molar-refractivity contribution is 7.71. The van der Waals surface area contributed by atoms with Crippen molar-refractivity contribution in [1.29, 1.82) is 0 Å². The van der Waals surface area contributed by atoms with Gasteiger partial charge in [-0.3, -0.25) is 4.98 Å². The fraction of sp³-hybridized carbons (Fsp3) is 0.0714. The number of benzene rings is 1. The summed E-state index contributed by atoms with van der Waals surface area (Å²) >= 11 is 4.80. The zero-order chi connectivity index (χ0) is 15.0. The normalized spacial score (nSPS) is 11.8. The topological polar surface area (TPSA) is 41.6 Å². The number of H-pyrrole nitrogens is 1. The van der Waals surface area contributed by atoms with E-state index in [1.165, 1.54) is 0 Å². The Hall–Kier alpha value is -2.28. The number of nitrogens with one attached hydrogen (secondary N) is 1. The minimum atomic E-state index is -4.51. The van der Waals surface area contributed by atoms with E-state index in [1.807, 2.05) is 0 Å². The summed E-state index contributed by atoms with van der Waals surface area (Å²) in [6.45, 7) is 0. The second-order valence-corrected chi connectivity index (χ2v) is 4.75. The first-order valence-electron chi connectivity index (χ1n) is 5.98. The zero-order valence-corrected chi connectivity index (χ0v) is 11.3. The van der Waals surface area contributed by atoms with Gasteiger partial charge in [0.05, 0.1) is 11.2 Å². The SMILES string of the molecule is FC(F)(F)c1cc(-c2cccc3ncccc23)nc(=S)[nH]1. The number of aromatic nitrogens is 3. The lowest BCUT2D eigenvalue weighted by Crippen LogP contribution is -2.09. The summed E-state index contributed by atoms with van der Waals surface area (Å²) in [5.41, 5.74) is 0.498. The lowest BCUT2D eigenvalue weighted by atomic mass is 10.0. The Morgan fingerprint density at radius 3 is 2.67 bits per heavy atom. The van der Waals surface area contributed by atoms with Crippen molar-refractivity contribution in [2.24, 2.45) is 0 Å². The Morgan fingerprint density at radius 1 is 1.10 bits per heavy atom. The highest BCUT2D eigenvalue weighted by Crippen LogP contribution is 2.31. The molecule has 3 nitrogen and oxygen atoms in total. The molecule has 106 valence electrons. The van der Waals surface area contributed by atoms with E-state index >= 15 is 0 Å². The van der Waals surface area contributed by atoms with E-state index in [2.05, 4.69) is 15.0 Å². The fourth-order valence-corrected chi connectivity index (χ4v) is 2.28. The molecule has 2 aromatic heterocycles. The van der Waals surface area contributed by atoms with Crippen LogP contribution in [0.15, 0.2) is 42.6 Å². The number of pyridine rings is 1. The molecule has 0 saturated heterocycles. The summed E-state index contributed by atoms with van der Waals surface area (Å²) in [6.07, 6.45) is -2.88. The van der Waals surface area contributed by atoms with E-state index in [-0.39, 0.29) is 10.5 Å². The second-order valence-electron chi connectivity index (χ2n) is 4.36. The molecule has 0 atom stereocenters. The van der Waals surface area contributed by atoms with E-state index in [9.17, 15) is 13.2 Å². The third-order valence-electron chi connectivity index (χ3n) is 2.97. The molecule has 0 amide bonds. The smallest absolute Gasteiger partial charge is 0.327 e. The molecular formula is C14H8F3N3S. The molecule has 0 aliphatic heterocycles. The Bertz CT molecular complexity index is 866. The molecule has 2 heterocycles. The summed E-state index contributed by atoms with van der Waals surface area (Å²) in [5, 5.41) is 0.723. The number of hydrogen-bond acceptors (Lipinski definition) is 3. The lowest BCUT2D eigenvalue weighted by Gasteiger charge is -2.10. The van der Waals surface area contributed by atoms with Gasteiger partial charge in [0, 0.05) is 17.1 Å². The van der Waals surface area contributed by atoms with Crippen LogP contribution in [0.1, 0.15) is 5.69 Å². The average Bonchev–Trinajstić information content (AvgIpc) is 2.45. The Balaban J connectivity index is 2.29. The van der Waals surface area contributed by atoms with Crippen LogP contribution >= 0.6 is 12.2 Å². The maximum atomic E-state index is 12.9. The lowest BCUT2D eigenvalue weighted by molar-refractivity contribution is -0.141. The van der Waals surface area contributed by atoms with E-state index in [4.69, 9.17) is 12.2 Å². The molecule has 7 heteroatoms. The van der Waals surface area contributed by atoms with Gasteiger partial charge in [0.2, 0.25) is 0 Å². The van der Waals surface area contributed by atoms with E-state index in [0.717, 1.165) is 11.5 Å². The van der Waals surface area contributed by atoms with Crippen LogP contribution in [-0.4, -0.2) is 15.0 Å².